The molecule has 3 unspecified atom stereocenters. The number of hydrogen-bond acceptors (Lipinski definition) is 7. The van der Waals surface area contributed by atoms with Crippen molar-refractivity contribution in [3.8, 4) is 11.1 Å². The number of nitrogens with zero attached hydrogens (tertiary/aromatic N) is 2. The molecular weight excluding hydrogens is 566 g/mol. The van der Waals surface area contributed by atoms with Gasteiger partial charge in [-0.15, -0.1) is 0 Å². The number of hydrogen-bond donors (Lipinski definition) is 3. The number of rotatable bonds is 10. The molecule has 3 aromatic rings. The van der Waals surface area contributed by atoms with E-state index in [0.717, 1.165) is 33.8 Å². The van der Waals surface area contributed by atoms with E-state index in [4.69, 9.17) is 16.3 Å². The summed E-state index contributed by atoms with van der Waals surface area (Å²) in [5, 5.41) is 9.91. The van der Waals surface area contributed by atoms with Gasteiger partial charge in [0, 0.05) is 67.3 Å². The number of carbonyl (C=O) groups is 3. The lowest BCUT2D eigenvalue weighted by atomic mass is 9.90. The van der Waals surface area contributed by atoms with Crippen LogP contribution in [0.5, 0.6) is 0 Å². The van der Waals surface area contributed by atoms with Crippen LogP contribution in [0.3, 0.4) is 0 Å². The summed E-state index contributed by atoms with van der Waals surface area (Å²) in [6.45, 7) is 2.83. The number of anilines is 3. The first-order valence-corrected chi connectivity index (χ1v) is 15.0. The molecule has 0 saturated heterocycles. The van der Waals surface area contributed by atoms with Crippen molar-refractivity contribution in [3.05, 3.63) is 71.0 Å². The van der Waals surface area contributed by atoms with E-state index in [1.165, 1.54) is 0 Å². The SMILES string of the molecule is CNc1ccc2c(c1)NC(=O)C(C)CCCC(C(=O)N(C)CCCC(OC=O)c1cc(Cl)ccc1NC)c1cc-2ccn1. The highest BCUT2D eigenvalue weighted by Gasteiger charge is 2.28. The Hall–Kier alpha value is -4.11. The fourth-order valence-corrected chi connectivity index (χ4v) is 5.74. The first-order chi connectivity index (χ1) is 20.7. The van der Waals surface area contributed by atoms with E-state index in [2.05, 4.69) is 20.9 Å². The lowest BCUT2D eigenvalue weighted by Crippen LogP contribution is -2.33. The Bertz CT molecular complexity index is 1450. The normalized spacial score (nSPS) is 17.3. The predicted octanol–water partition coefficient (Wildman–Crippen LogP) is 6.48. The highest BCUT2D eigenvalue weighted by molar-refractivity contribution is 6.30. The standard InChI is InChI=1S/C33H40ClN5O4/c1-21-7-5-8-26(29-17-22(14-15-37-29)25-12-11-24(35-2)19-30(25)38-32(21)41)33(42)39(4)16-6-9-31(43-20-40)27-18-23(34)10-13-28(27)36-3/h10-15,17-21,26,31,35-36H,5-9,16H2,1-4H3,(H,38,41). The van der Waals surface area contributed by atoms with Gasteiger partial charge < -0.3 is 25.6 Å². The molecule has 0 radical (unpaired) electrons. The molecule has 1 aliphatic rings. The summed E-state index contributed by atoms with van der Waals surface area (Å²) >= 11 is 6.23. The Labute approximate surface area is 258 Å². The second-order valence-electron chi connectivity index (χ2n) is 11.0. The molecule has 2 amide bonds. The van der Waals surface area contributed by atoms with Crippen molar-refractivity contribution in [1.29, 1.82) is 0 Å². The van der Waals surface area contributed by atoms with Gasteiger partial charge in [-0.05, 0) is 73.7 Å². The van der Waals surface area contributed by atoms with Crippen LogP contribution in [-0.4, -0.2) is 55.9 Å². The third-order valence-corrected chi connectivity index (χ3v) is 8.31. The third kappa shape index (κ3) is 7.84. The lowest BCUT2D eigenvalue weighted by Gasteiger charge is -2.26. The number of carbonyl (C=O) groups excluding carboxylic acids is 3. The summed E-state index contributed by atoms with van der Waals surface area (Å²) in [4.78, 5) is 44.6. The molecule has 0 spiro atoms. The van der Waals surface area contributed by atoms with Gasteiger partial charge in [-0.1, -0.05) is 31.0 Å². The minimum atomic E-state index is -0.502. The number of halogens is 1. The zero-order valence-electron chi connectivity index (χ0n) is 25.2. The van der Waals surface area contributed by atoms with Crippen LogP contribution in [0.2, 0.25) is 5.02 Å². The minimum absolute atomic E-state index is 0.0314. The van der Waals surface area contributed by atoms with Gasteiger partial charge >= 0.3 is 0 Å². The number of likely N-dealkylation sites (N-methyl/N-ethyl adjacent to an activating group) is 1. The number of fused-ring (bicyclic) bond motifs is 4. The molecule has 3 atom stereocenters. The van der Waals surface area contributed by atoms with Crippen molar-refractivity contribution in [2.75, 3.05) is 43.6 Å². The first kappa shape index (κ1) is 31.8. The van der Waals surface area contributed by atoms with Crippen molar-refractivity contribution >= 4 is 46.9 Å². The summed E-state index contributed by atoms with van der Waals surface area (Å²) in [5.74, 6) is -0.742. The second kappa shape index (κ2) is 14.9. The van der Waals surface area contributed by atoms with Crippen molar-refractivity contribution < 1.29 is 19.1 Å². The number of benzene rings is 2. The van der Waals surface area contributed by atoms with Gasteiger partial charge in [0.25, 0.3) is 6.47 Å². The van der Waals surface area contributed by atoms with Crippen LogP contribution in [-0.2, 0) is 19.1 Å². The van der Waals surface area contributed by atoms with E-state index in [1.54, 1.807) is 37.3 Å². The molecule has 9 nitrogen and oxygen atoms in total. The topological polar surface area (TPSA) is 113 Å². The largest absolute Gasteiger partial charge is 0.460 e. The Balaban J connectivity index is 1.55. The van der Waals surface area contributed by atoms with Crippen molar-refractivity contribution in [2.45, 2.75) is 51.0 Å². The molecule has 0 fully saturated rings. The van der Waals surface area contributed by atoms with Gasteiger partial charge in [-0.3, -0.25) is 19.4 Å². The molecular formula is C33H40ClN5O4. The molecule has 3 N–H and O–H groups in total. The maximum atomic E-state index is 13.9. The molecule has 4 rings (SSSR count). The fourth-order valence-electron chi connectivity index (χ4n) is 5.56. The van der Waals surface area contributed by atoms with Gasteiger partial charge in [-0.2, -0.15) is 0 Å². The summed E-state index contributed by atoms with van der Waals surface area (Å²) in [5.41, 5.74) is 5.68. The van der Waals surface area contributed by atoms with E-state index in [1.807, 2.05) is 50.4 Å². The van der Waals surface area contributed by atoms with Gasteiger partial charge in [-0.25, -0.2) is 0 Å². The van der Waals surface area contributed by atoms with Crippen molar-refractivity contribution in [3.63, 3.8) is 0 Å². The maximum Gasteiger partial charge on any atom is 0.293 e. The smallest absolute Gasteiger partial charge is 0.293 e. The Kier molecular flexibility index (Phi) is 11.0. The van der Waals surface area contributed by atoms with E-state index >= 15 is 0 Å². The predicted molar refractivity (Wildman–Crippen MR) is 171 cm³/mol. The molecule has 10 heteroatoms. The lowest BCUT2D eigenvalue weighted by molar-refractivity contribution is -0.135. The number of nitrogens with one attached hydrogen (secondary N) is 3. The Morgan fingerprint density at radius 1 is 1.16 bits per heavy atom. The average molecular weight is 606 g/mol. The zero-order chi connectivity index (χ0) is 30.9. The Morgan fingerprint density at radius 2 is 1.98 bits per heavy atom. The maximum absolute atomic E-state index is 13.9. The molecule has 43 heavy (non-hydrogen) atoms. The van der Waals surface area contributed by atoms with Gasteiger partial charge in [0.2, 0.25) is 11.8 Å². The molecule has 228 valence electrons. The summed E-state index contributed by atoms with van der Waals surface area (Å²) in [6, 6.07) is 15.1. The number of ether oxygens (including phenoxy) is 1. The van der Waals surface area contributed by atoms with Crippen LogP contribution >= 0.6 is 11.6 Å². The van der Waals surface area contributed by atoms with Crippen LogP contribution in [0.1, 0.15) is 62.3 Å². The zero-order valence-corrected chi connectivity index (χ0v) is 25.9. The second-order valence-corrected chi connectivity index (χ2v) is 11.4. The Morgan fingerprint density at radius 3 is 2.72 bits per heavy atom. The van der Waals surface area contributed by atoms with E-state index in [-0.39, 0.29) is 17.7 Å². The monoisotopic (exact) mass is 605 g/mol. The summed E-state index contributed by atoms with van der Waals surface area (Å²) in [7, 11) is 5.43. The van der Waals surface area contributed by atoms with E-state index in [0.29, 0.717) is 55.8 Å². The van der Waals surface area contributed by atoms with E-state index in [9.17, 15) is 14.4 Å². The molecule has 2 bridgehead atoms. The first-order valence-electron chi connectivity index (χ1n) is 14.7. The van der Waals surface area contributed by atoms with E-state index < -0.39 is 12.0 Å². The number of amides is 2. The van der Waals surface area contributed by atoms with Crippen LogP contribution < -0.4 is 16.0 Å². The van der Waals surface area contributed by atoms with Gasteiger partial charge in [0.15, 0.2) is 0 Å². The summed E-state index contributed by atoms with van der Waals surface area (Å²) < 4.78 is 5.42. The highest BCUT2D eigenvalue weighted by atomic mass is 35.5. The number of pyridine rings is 1. The molecule has 2 heterocycles. The van der Waals surface area contributed by atoms with Crippen LogP contribution in [0, 0.1) is 5.92 Å². The molecule has 2 aromatic carbocycles. The quantitative estimate of drug-likeness (QED) is 0.227. The summed E-state index contributed by atoms with van der Waals surface area (Å²) in [6.07, 6.45) is 4.27. The average Bonchev–Trinajstić information content (AvgIpc) is 3.01. The van der Waals surface area contributed by atoms with Crippen molar-refractivity contribution in [1.82, 2.24) is 9.88 Å². The highest BCUT2D eigenvalue weighted by Crippen LogP contribution is 2.35. The third-order valence-electron chi connectivity index (χ3n) is 8.08. The minimum Gasteiger partial charge on any atom is -0.460 e. The molecule has 0 saturated carbocycles. The molecule has 1 aliphatic heterocycles. The van der Waals surface area contributed by atoms with Crippen LogP contribution in [0.15, 0.2) is 54.7 Å². The van der Waals surface area contributed by atoms with Crippen LogP contribution in [0.4, 0.5) is 17.1 Å². The van der Waals surface area contributed by atoms with Gasteiger partial charge in [0.05, 0.1) is 17.3 Å². The molecule has 1 aromatic heterocycles. The van der Waals surface area contributed by atoms with Crippen molar-refractivity contribution in [2.24, 2.45) is 5.92 Å². The fraction of sp³-hybridized carbons (Fsp3) is 0.394. The molecule has 0 aliphatic carbocycles. The van der Waals surface area contributed by atoms with Crippen LogP contribution in [0.25, 0.3) is 11.1 Å². The number of aromatic nitrogens is 1. The van der Waals surface area contributed by atoms with Gasteiger partial charge in [0.1, 0.15) is 6.10 Å².